The standard InChI is InChI=1S/C19H15ClN2O3/c1-12-3-2-4-16(9-12)25-15-7-5-14(6-8-15)21-19(24)13-10-17(20)22-18(23)11-13/h2-11H,1H3,(H,21,24)(H,22,23). The Hall–Kier alpha value is -3.05. The van der Waals surface area contributed by atoms with Crippen LogP contribution in [0.2, 0.25) is 5.15 Å². The van der Waals surface area contributed by atoms with Crippen molar-refractivity contribution in [3.05, 3.63) is 87.3 Å². The number of ether oxygens (including phenoxy) is 1. The molecule has 0 fully saturated rings. The maximum atomic E-state index is 12.2. The number of hydrogen-bond donors (Lipinski definition) is 2. The number of halogens is 1. The number of pyridine rings is 1. The maximum Gasteiger partial charge on any atom is 0.255 e. The van der Waals surface area contributed by atoms with Gasteiger partial charge in [0, 0.05) is 17.3 Å². The van der Waals surface area contributed by atoms with Crippen molar-refractivity contribution in [3.8, 4) is 11.5 Å². The number of aromatic nitrogens is 1. The molecule has 1 heterocycles. The topological polar surface area (TPSA) is 71.2 Å². The van der Waals surface area contributed by atoms with Gasteiger partial charge in [0.15, 0.2) is 0 Å². The van der Waals surface area contributed by atoms with Crippen molar-refractivity contribution in [2.45, 2.75) is 6.92 Å². The van der Waals surface area contributed by atoms with Gasteiger partial charge in [0.05, 0.1) is 0 Å². The quantitative estimate of drug-likeness (QED) is 0.683. The number of H-pyrrole nitrogens is 1. The number of nitrogens with one attached hydrogen (secondary N) is 2. The fourth-order valence-corrected chi connectivity index (χ4v) is 2.48. The molecule has 0 bridgehead atoms. The second-order valence-corrected chi connectivity index (χ2v) is 5.89. The fraction of sp³-hybridized carbons (Fsp3) is 0.0526. The molecule has 0 radical (unpaired) electrons. The van der Waals surface area contributed by atoms with Crippen LogP contribution in [0.5, 0.6) is 11.5 Å². The van der Waals surface area contributed by atoms with Gasteiger partial charge in [-0.15, -0.1) is 0 Å². The van der Waals surface area contributed by atoms with Crippen LogP contribution in [0.15, 0.2) is 65.5 Å². The van der Waals surface area contributed by atoms with E-state index in [0.717, 1.165) is 11.3 Å². The maximum absolute atomic E-state index is 12.2. The average molecular weight is 355 g/mol. The molecule has 1 amide bonds. The highest BCUT2D eigenvalue weighted by Gasteiger charge is 2.08. The van der Waals surface area contributed by atoms with Gasteiger partial charge in [-0.2, -0.15) is 0 Å². The molecule has 3 aromatic rings. The van der Waals surface area contributed by atoms with Crippen LogP contribution in [0.1, 0.15) is 15.9 Å². The average Bonchev–Trinajstić information content (AvgIpc) is 2.56. The molecule has 2 aromatic carbocycles. The van der Waals surface area contributed by atoms with Crippen molar-refractivity contribution in [1.82, 2.24) is 4.98 Å². The highest BCUT2D eigenvalue weighted by Crippen LogP contribution is 2.23. The number of rotatable bonds is 4. The molecule has 0 saturated heterocycles. The monoisotopic (exact) mass is 354 g/mol. The summed E-state index contributed by atoms with van der Waals surface area (Å²) in [6, 6.07) is 17.3. The molecule has 0 saturated carbocycles. The third kappa shape index (κ3) is 4.49. The van der Waals surface area contributed by atoms with Gasteiger partial charge >= 0.3 is 0 Å². The van der Waals surface area contributed by atoms with E-state index in [2.05, 4.69) is 10.3 Å². The molecule has 6 heteroatoms. The smallest absolute Gasteiger partial charge is 0.255 e. The highest BCUT2D eigenvalue weighted by molar-refractivity contribution is 6.29. The summed E-state index contributed by atoms with van der Waals surface area (Å²) in [7, 11) is 0. The molecule has 3 rings (SSSR count). The van der Waals surface area contributed by atoms with Crippen LogP contribution >= 0.6 is 11.6 Å². The predicted octanol–water partition coefficient (Wildman–Crippen LogP) is 4.38. The molecular formula is C19H15ClN2O3. The Morgan fingerprint density at radius 2 is 1.80 bits per heavy atom. The van der Waals surface area contributed by atoms with E-state index in [1.807, 2.05) is 31.2 Å². The van der Waals surface area contributed by atoms with Crippen LogP contribution in [-0.4, -0.2) is 10.9 Å². The van der Waals surface area contributed by atoms with Crippen molar-refractivity contribution in [3.63, 3.8) is 0 Å². The van der Waals surface area contributed by atoms with Gasteiger partial charge in [0.1, 0.15) is 16.7 Å². The summed E-state index contributed by atoms with van der Waals surface area (Å²) in [5, 5.41) is 2.82. The number of amides is 1. The SMILES string of the molecule is Cc1cccc(Oc2ccc(NC(=O)c3cc(Cl)[nH]c(=O)c3)cc2)c1. The molecule has 0 aliphatic carbocycles. The minimum atomic E-state index is -0.431. The molecule has 1 aromatic heterocycles. The molecule has 25 heavy (non-hydrogen) atoms. The summed E-state index contributed by atoms with van der Waals surface area (Å²) in [6.07, 6.45) is 0. The van der Waals surface area contributed by atoms with E-state index >= 15 is 0 Å². The summed E-state index contributed by atoms with van der Waals surface area (Å²) >= 11 is 5.75. The first-order valence-corrected chi connectivity index (χ1v) is 7.93. The van der Waals surface area contributed by atoms with E-state index in [-0.39, 0.29) is 10.7 Å². The number of anilines is 1. The van der Waals surface area contributed by atoms with E-state index in [1.54, 1.807) is 24.3 Å². The molecule has 5 nitrogen and oxygen atoms in total. The molecular weight excluding hydrogens is 340 g/mol. The number of aromatic amines is 1. The summed E-state index contributed by atoms with van der Waals surface area (Å²) < 4.78 is 5.76. The highest BCUT2D eigenvalue weighted by atomic mass is 35.5. The first-order chi connectivity index (χ1) is 12.0. The number of benzene rings is 2. The van der Waals surface area contributed by atoms with Crippen molar-refractivity contribution < 1.29 is 9.53 Å². The summed E-state index contributed by atoms with van der Waals surface area (Å²) in [6.45, 7) is 1.99. The lowest BCUT2D eigenvalue weighted by Crippen LogP contribution is -2.16. The van der Waals surface area contributed by atoms with Crippen LogP contribution in [0.4, 0.5) is 5.69 Å². The van der Waals surface area contributed by atoms with Gasteiger partial charge in [0.25, 0.3) is 5.91 Å². The molecule has 0 unspecified atom stereocenters. The third-order valence-electron chi connectivity index (χ3n) is 3.41. The van der Waals surface area contributed by atoms with Gasteiger partial charge in [0.2, 0.25) is 5.56 Å². The van der Waals surface area contributed by atoms with Crippen molar-refractivity contribution in [1.29, 1.82) is 0 Å². The zero-order valence-electron chi connectivity index (χ0n) is 13.4. The second-order valence-electron chi connectivity index (χ2n) is 5.48. The van der Waals surface area contributed by atoms with E-state index in [4.69, 9.17) is 16.3 Å². The molecule has 2 N–H and O–H groups in total. The van der Waals surface area contributed by atoms with Crippen LogP contribution < -0.4 is 15.6 Å². The van der Waals surface area contributed by atoms with E-state index < -0.39 is 11.5 Å². The van der Waals surface area contributed by atoms with E-state index in [9.17, 15) is 9.59 Å². The number of carbonyl (C=O) groups is 1. The molecule has 0 spiro atoms. The first kappa shape index (κ1) is 16.8. The van der Waals surface area contributed by atoms with Gasteiger partial charge in [-0.25, -0.2) is 0 Å². The number of aryl methyl sites for hydroxylation is 1. The normalized spacial score (nSPS) is 10.3. The van der Waals surface area contributed by atoms with Crippen molar-refractivity contribution in [2.24, 2.45) is 0 Å². The molecule has 0 aliphatic rings. The summed E-state index contributed by atoms with van der Waals surface area (Å²) in [4.78, 5) is 25.9. The van der Waals surface area contributed by atoms with Crippen LogP contribution in [0.3, 0.4) is 0 Å². The van der Waals surface area contributed by atoms with Gasteiger partial charge < -0.3 is 15.0 Å². The molecule has 126 valence electrons. The van der Waals surface area contributed by atoms with E-state index in [0.29, 0.717) is 11.4 Å². The lowest BCUT2D eigenvalue weighted by molar-refractivity contribution is 0.102. The Bertz CT molecular complexity index is 965. The molecule has 0 aliphatic heterocycles. The zero-order valence-corrected chi connectivity index (χ0v) is 14.1. The second kappa shape index (κ2) is 7.23. The summed E-state index contributed by atoms with van der Waals surface area (Å²) in [5.74, 6) is 0.984. The van der Waals surface area contributed by atoms with Crippen LogP contribution in [-0.2, 0) is 0 Å². The fourth-order valence-electron chi connectivity index (χ4n) is 2.26. The third-order valence-corrected chi connectivity index (χ3v) is 3.61. The van der Waals surface area contributed by atoms with Crippen LogP contribution in [0.25, 0.3) is 0 Å². The summed E-state index contributed by atoms with van der Waals surface area (Å²) in [5.41, 5.74) is 1.45. The van der Waals surface area contributed by atoms with E-state index in [1.165, 1.54) is 12.1 Å². The van der Waals surface area contributed by atoms with Crippen molar-refractivity contribution in [2.75, 3.05) is 5.32 Å². The van der Waals surface area contributed by atoms with Gasteiger partial charge in [-0.05, 0) is 55.0 Å². The largest absolute Gasteiger partial charge is 0.457 e. The van der Waals surface area contributed by atoms with Gasteiger partial charge in [-0.3, -0.25) is 9.59 Å². The Labute approximate surface area is 149 Å². The first-order valence-electron chi connectivity index (χ1n) is 7.55. The Morgan fingerprint density at radius 3 is 2.48 bits per heavy atom. The minimum absolute atomic E-state index is 0.111. The Balaban J connectivity index is 1.70. The molecule has 0 atom stereocenters. The van der Waals surface area contributed by atoms with Gasteiger partial charge in [-0.1, -0.05) is 23.7 Å². The Kier molecular flexibility index (Phi) is 4.86. The zero-order chi connectivity index (χ0) is 17.8. The lowest BCUT2D eigenvalue weighted by Gasteiger charge is -2.08. The Morgan fingerprint density at radius 1 is 1.04 bits per heavy atom. The minimum Gasteiger partial charge on any atom is -0.457 e. The number of hydrogen-bond acceptors (Lipinski definition) is 3. The number of carbonyl (C=O) groups excluding carboxylic acids is 1. The van der Waals surface area contributed by atoms with Crippen LogP contribution in [0, 0.1) is 6.92 Å². The van der Waals surface area contributed by atoms with Crippen molar-refractivity contribution >= 4 is 23.2 Å². The lowest BCUT2D eigenvalue weighted by atomic mass is 10.2. The predicted molar refractivity (Wildman–Crippen MR) is 97.7 cm³/mol.